The number of amides is 1. The van der Waals surface area contributed by atoms with Crippen molar-refractivity contribution in [3.05, 3.63) is 89.2 Å². The van der Waals surface area contributed by atoms with Crippen LogP contribution in [0.4, 0.5) is 5.69 Å². The van der Waals surface area contributed by atoms with Crippen LogP contribution in [0, 0.1) is 6.92 Å². The van der Waals surface area contributed by atoms with Crippen LogP contribution < -0.4 is 5.32 Å². The fourth-order valence-electron chi connectivity index (χ4n) is 2.67. The lowest BCUT2D eigenvalue weighted by atomic mass is 10.2. The summed E-state index contributed by atoms with van der Waals surface area (Å²) in [5, 5.41) is 3.28. The van der Waals surface area contributed by atoms with Crippen molar-refractivity contribution < 1.29 is 13.2 Å². The highest BCUT2D eigenvalue weighted by Crippen LogP contribution is 2.19. The SMILES string of the molecule is Cc1ccc(NC(=O)CN(Cc2ccc(Cl)cc2)S(=O)(=O)c2cccnc2)cc1. The maximum absolute atomic E-state index is 13.1. The summed E-state index contributed by atoms with van der Waals surface area (Å²) in [6.07, 6.45) is 2.76. The normalized spacial score (nSPS) is 11.4. The fraction of sp³-hybridized carbons (Fsp3) is 0.143. The number of hydrogen-bond acceptors (Lipinski definition) is 4. The number of anilines is 1. The highest BCUT2D eigenvalue weighted by atomic mass is 35.5. The topological polar surface area (TPSA) is 79.4 Å². The van der Waals surface area contributed by atoms with Crippen molar-refractivity contribution in [2.45, 2.75) is 18.4 Å². The minimum atomic E-state index is -3.93. The maximum atomic E-state index is 13.1. The first kappa shape index (κ1) is 21.0. The van der Waals surface area contributed by atoms with E-state index < -0.39 is 15.9 Å². The van der Waals surface area contributed by atoms with Crippen LogP contribution in [0.15, 0.2) is 78.0 Å². The molecule has 3 aromatic rings. The lowest BCUT2D eigenvalue weighted by Crippen LogP contribution is -2.37. The molecule has 0 atom stereocenters. The number of carbonyl (C=O) groups is 1. The zero-order valence-electron chi connectivity index (χ0n) is 15.7. The van der Waals surface area contributed by atoms with E-state index in [1.807, 2.05) is 19.1 Å². The third kappa shape index (κ3) is 5.63. The molecule has 150 valence electrons. The van der Waals surface area contributed by atoms with Crippen LogP contribution in [-0.2, 0) is 21.4 Å². The predicted molar refractivity (Wildman–Crippen MR) is 113 cm³/mol. The highest BCUT2D eigenvalue weighted by molar-refractivity contribution is 7.89. The Morgan fingerprint density at radius 1 is 1.07 bits per heavy atom. The molecular weight excluding hydrogens is 410 g/mol. The van der Waals surface area contributed by atoms with Crippen molar-refractivity contribution in [1.29, 1.82) is 0 Å². The zero-order valence-corrected chi connectivity index (χ0v) is 17.3. The predicted octanol–water partition coefficient (Wildman–Crippen LogP) is 3.87. The Morgan fingerprint density at radius 3 is 2.38 bits per heavy atom. The second kappa shape index (κ2) is 9.17. The standard InChI is InChI=1S/C21H20ClN3O3S/c1-16-4-10-19(11-5-16)24-21(26)15-25(14-17-6-8-18(22)9-7-17)29(27,28)20-3-2-12-23-13-20/h2-13H,14-15H2,1H3,(H,24,26). The van der Waals surface area contributed by atoms with Gasteiger partial charge in [-0.15, -0.1) is 0 Å². The van der Waals surface area contributed by atoms with Gasteiger partial charge < -0.3 is 5.32 Å². The van der Waals surface area contributed by atoms with Crippen LogP contribution in [0.2, 0.25) is 5.02 Å². The fourth-order valence-corrected chi connectivity index (χ4v) is 4.14. The Morgan fingerprint density at radius 2 is 1.76 bits per heavy atom. The van der Waals surface area contributed by atoms with E-state index in [4.69, 9.17) is 11.6 Å². The molecule has 1 amide bonds. The largest absolute Gasteiger partial charge is 0.325 e. The Kier molecular flexibility index (Phi) is 6.64. The average molecular weight is 430 g/mol. The second-order valence-corrected chi connectivity index (χ2v) is 8.88. The average Bonchev–Trinajstić information content (AvgIpc) is 2.71. The van der Waals surface area contributed by atoms with E-state index in [9.17, 15) is 13.2 Å². The van der Waals surface area contributed by atoms with Gasteiger partial charge in [-0.25, -0.2) is 8.42 Å². The molecule has 6 nitrogen and oxygen atoms in total. The number of hydrogen-bond donors (Lipinski definition) is 1. The maximum Gasteiger partial charge on any atom is 0.245 e. The Labute approximate surface area is 175 Å². The molecule has 0 aliphatic rings. The lowest BCUT2D eigenvalue weighted by Gasteiger charge is -2.22. The summed E-state index contributed by atoms with van der Waals surface area (Å²) in [6, 6.07) is 17.1. The zero-order chi connectivity index (χ0) is 20.9. The molecule has 0 saturated carbocycles. The molecule has 0 aliphatic carbocycles. The number of nitrogens with one attached hydrogen (secondary N) is 1. The summed E-state index contributed by atoms with van der Waals surface area (Å²) in [5.74, 6) is -0.435. The molecule has 0 aliphatic heterocycles. The third-order valence-electron chi connectivity index (χ3n) is 4.20. The summed E-state index contributed by atoms with van der Waals surface area (Å²) in [5.41, 5.74) is 2.38. The van der Waals surface area contributed by atoms with Gasteiger partial charge >= 0.3 is 0 Å². The first-order chi connectivity index (χ1) is 13.8. The molecule has 1 N–H and O–H groups in total. The first-order valence-corrected chi connectivity index (χ1v) is 10.7. The molecule has 0 fully saturated rings. The van der Waals surface area contributed by atoms with Crippen LogP contribution in [0.25, 0.3) is 0 Å². The van der Waals surface area contributed by atoms with Gasteiger partial charge in [0.2, 0.25) is 15.9 Å². The number of aromatic nitrogens is 1. The number of rotatable bonds is 7. The minimum Gasteiger partial charge on any atom is -0.325 e. The van der Waals surface area contributed by atoms with Gasteiger partial charge in [-0.05, 0) is 48.9 Å². The number of benzene rings is 2. The molecule has 0 radical (unpaired) electrons. The molecule has 29 heavy (non-hydrogen) atoms. The Balaban J connectivity index is 1.84. The van der Waals surface area contributed by atoms with Gasteiger partial charge in [0.15, 0.2) is 0 Å². The number of carbonyl (C=O) groups excluding carboxylic acids is 1. The van der Waals surface area contributed by atoms with Gasteiger partial charge in [-0.3, -0.25) is 9.78 Å². The van der Waals surface area contributed by atoms with E-state index >= 15 is 0 Å². The molecular formula is C21H20ClN3O3S. The van der Waals surface area contributed by atoms with Crippen molar-refractivity contribution in [2.24, 2.45) is 0 Å². The number of aryl methyl sites for hydroxylation is 1. The van der Waals surface area contributed by atoms with E-state index in [2.05, 4.69) is 10.3 Å². The molecule has 2 aromatic carbocycles. The molecule has 0 unspecified atom stereocenters. The van der Waals surface area contributed by atoms with E-state index in [0.29, 0.717) is 16.3 Å². The van der Waals surface area contributed by atoms with E-state index in [1.54, 1.807) is 42.5 Å². The van der Waals surface area contributed by atoms with Crippen molar-refractivity contribution in [3.8, 4) is 0 Å². The molecule has 8 heteroatoms. The van der Waals surface area contributed by atoms with Crippen LogP contribution in [0.5, 0.6) is 0 Å². The monoisotopic (exact) mass is 429 g/mol. The van der Waals surface area contributed by atoms with Gasteiger partial charge in [0.1, 0.15) is 4.90 Å². The number of sulfonamides is 1. The first-order valence-electron chi connectivity index (χ1n) is 8.86. The second-order valence-electron chi connectivity index (χ2n) is 6.50. The summed E-state index contributed by atoms with van der Waals surface area (Å²) in [4.78, 5) is 16.5. The minimum absolute atomic E-state index is 0.0235. The number of nitrogens with zero attached hydrogens (tertiary/aromatic N) is 2. The van der Waals surface area contributed by atoms with Crippen LogP contribution in [0.1, 0.15) is 11.1 Å². The Bertz CT molecular complexity index is 1070. The van der Waals surface area contributed by atoms with Gasteiger partial charge in [0.25, 0.3) is 0 Å². The quantitative estimate of drug-likeness (QED) is 0.618. The molecule has 3 rings (SSSR count). The van der Waals surface area contributed by atoms with E-state index in [0.717, 1.165) is 9.87 Å². The van der Waals surface area contributed by atoms with E-state index in [1.165, 1.54) is 18.5 Å². The molecule has 0 spiro atoms. The van der Waals surface area contributed by atoms with Gasteiger partial charge in [-0.2, -0.15) is 4.31 Å². The molecule has 1 aromatic heterocycles. The van der Waals surface area contributed by atoms with Crippen molar-refractivity contribution in [2.75, 3.05) is 11.9 Å². The van der Waals surface area contributed by atoms with E-state index in [-0.39, 0.29) is 18.0 Å². The summed E-state index contributed by atoms with van der Waals surface area (Å²) in [7, 11) is -3.93. The smallest absolute Gasteiger partial charge is 0.245 e. The molecule has 1 heterocycles. The van der Waals surface area contributed by atoms with Crippen LogP contribution in [0.3, 0.4) is 0 Å². The molecule has 0 saturated heterocycles. The van der Waals surface area contributed by atoms with Gasteiger partial charge in [0, 0.05) is 29.6 Å². The molecule has 0 bridgehead atoms. The van der Waals surface area contributed by atoms with Gasteiger partial charge in [-0.1, -0.05) is 41.4 Å². The van der Waals surface area contributed by atoms with Crippen LogP contribution >= 0.6 is 11.6 Å². The van der Waals surface area contributed by atoms with Crippen molar-refractivity contribution in [1.82, 2.24) is 9.29 Å². The number of pyridine rings is 1. The summed E-state index contributed by atoms with van der Waals surface area (Å²) >= 11 is 5.92. The summed E-state index contributed by atoms with van der Waals surface area (Å²) < 4.78 is 27.4. The highest BCUT2D eigenvalue weighted by Gasteiger charge is 2.27. The van der Waals surface area contributed by atoms with Crippen molar-refractivity contribution in [3.63, 3.8) is 0 Å². The lowest BCUT2D eigenvalue weighted by molar-refractivity contribution is -0.116. The Hall–Kier alpha value is -2.74. The van der Waals surface area contributed by atoms with Gasteiger partial charge in [0.05, 0.1) is 6.54 Å². The third-order valence-corrected chi connectivity index (χ3v) is 6.23. The number of halogens is 1. The van der Waals surface area contributed by atoms with Crippen LogP contribution in [-0.4, -0.2) is 30.2 Å². The summed E-state index contributed by atoms with van der Waals surface area (Å²) in [6.45, 7) is 1.63. The van der Waals surface area contributed by atoms with Crippen molar-refractivity contribution >= 4 is 33.2 Å².